The predicted octanol–water partition coefficient (Wildman–Crippen LogP) is 6.81. The summed E-state index contributed by atoms with van der Waals surface area (Å²) in [6.45, 7) is 4.06. The highest BCUT2D eigenvalue weighted by Crippen LogP contribution is 2.38. The summed E-state index contributed by atoms with van der Waals surface area (Å²) >= 11 is 1.49. The summed E-state index contributed by atoms with van der Waals surface area (Å²) in [6, 6.07) is 16.1. The van der Waals surface area contributed by atoms with Crippen LogP contribution in [0.25, 0.3) is 21.3 Å². The van der Waals surface area contributed by atoms with Crippen molar-refractivity contribution in [1.82, 2.24) is 20.3 Å². The topological polar surface area (TPSA) is 118 Å². The lowest BCUT2D eigenvalue weighted by Gasteiger charge is -2.11. The largest absolute Gasteiger partial charge is 0.457 e. The van der Waals surface area contributed by atoms with Crippen LogP contribution in [0.4, 0.5) is 20.7 Å². The second-order valence-corrected chi connectivity index (χ2v) is 10.1. The summed E-state index contributed by atoms with van der Waals surface area (Å²) in [5.74, 6) is -0.0263. The zero-order chi connectivity index (χ0) is 28.2. The zero-order valence-electron chi connectivity index (χ0n) is 21.9. The molecule has 0 spiro atoms. The van der Waals surface area contributed by atoms with E-state index >= 15 is 0 Å². The molecule has 202 valence electrons. The van der Waals surface area contributed by atoms with Crippen molar-refractivity contribution >= 4 is 45.7 Å². The Labute approximate surface area is 233 Å². The summed E-state index contributed by atoms with van der Waals surface area (Å²) in [7, 11) is 1.49. The predicted molar refractivity (Wildman–Crippen MR) is 154 cm³/mol. The maximum atomic E-state index is 14.9. The Hall–Kier alpha value is -4.90. The molecule has 40 heavy (non-hydrogen) atoms. The second kappa shape index (κ2) is 11.5. The van der Waals surface area contributed by atoms with Crippen molar-refractivity contribution in [3.05, 3.63) is 89.6 Å². The van der Waals surface area contributed by atoms with E-state index in [0.29, 0.717) is 11.6 Å². The minimum atomic E-state index is -0.698. The number of anilines is 2. The molecule has 5 rings (SSSR count). The van der Waals surface area contributed by atoms with Crippen molar-refractivity contribution in [2.24, 2.45) is 0 Å². The van der Waals surface area contributed by atoms with Gasteiger partial charge >= 0.3 is 6.03 Å². The van der Waals surface area contributed by atoms with Crippen molar-refractivity contribution in [3.63, 3.8) is 0 Å². The first-order valence-electron chi connectivity index (χ1n) is 12.4. The fraction of sp³-hybridized carbons (Fsp3) is 0.138. The van der Waals surface area contributed by atoms with E-state index in [1.165, 1.54) is 42.8 Å². The molecule has 9 nitrogen and oxygen atoms in total. The molecule has 2 aromatic carbocycles. The zero-order valence-corrected chi connectivity index (χ0v) is 22.7. The number of fused-ring (bicyclic) bond motifs is 1. The molecule has 3 N–H and O–H groups in total. The summed E-state index contributed by atoms with van der Waals surface area (Å²) in [6.07, 6.45) is 3.16. The first-order valence-corrected chi connectivity index (χ1v) is 13.2. The monoisotopic (exact) mass is 556 g/mol. The summed E-state index contributed by atoms with van der Waals surface area (Å²) < 4.78 is 20.6. The minimum Gasteiger partial charge on any atom is -0.457 e. The Bertz CT molecular complexity index is 1720. The Morgan fingerprint density at radius 3 is 2.55 bits per heavy atom. The molecule has 0 radical (unpaired) electrons. The van der Waals surface area contributed by atoms with Gasteiger partial charge in [-0.2, -0.15) is 0 Å². The highest BCUT2D eigenvalue weighted by molar-refractivity contribution is 7.15. The Morgan fingerprint density at radius 1 is 0.950 bits per heavy atom. The van der Waals surface area contributed by atoms with Crippen molar-refractivity contribution < 1.29 is 18.7 Å². The Kier molecular flexibility index (Phi) is 7.65. The van der Waals surface area contributed by atoms with E-state index in [2.05, 4.69) is 30.9 Å². The molecule has 5 aromatic rings. The number of aromatic nitrogens is 3. The SMILES string of the molecule is CNC(=O)c1cc(Oc2ccc(NC(=O)Nc3nc(C(C)C)sc3-c3ccc4ncccc4c3)c(F)c2)ccn1. The molecular formula is C29H25FN6O3S. The van der Waals surface area contributed by atoms with Gasteiger partial charge in [0.1, 0.15) is 23.0 Å². The van der Waals surface area contributed by atoms with E-state index in [4.69, 9.17) is 4.74 Å². The van der Waals surface area contributed by atoms with Crippen LogP contribution in [0.15, 0.2) is 73.1 Å². The van der Waals surface area contributed by atoms with Crippen LogP contribution >= 0.6 is 11.3 Å². The number of rotatable bonds is 7. The van der Waals surface area contributed by atoms with Gasteiger partial charge < -0.3 is 15.4 Å². The van der Waals surface area contributed by atoms with E-state index in [0.717, 1.165) is 32.4 Å². The van der Waals surface area contributed by atoms with E-state index < -0.39 is 11.8 Å². The molecule has 3 heterocycles. The number of benzene rings is 2. The lowest BCUT2D eigenvalue weighted by molar-refractivity contribution is 0.0957. The van der Waals surface area contributed by atoms with Crippen molar-refractivity contribution in [2.45, 2.75) is 19.8 Å². The third kappa shape index (κ3) is 5.89. The van der Waals surface area contributed by atoms with Crippen LogP contribution in [0.3, 0.4) is 0 Å². The molecule has 0 saturated carbocycles. The average molecular weight is 557 g/mol. The number of hydrogen-bond donors (Lipinski definition) is 3. The van der Waals surface area contributed by atoms with E-state index in [1.54, 1.807) is 12.3 Å². The maximum Gasteiger partial charge on any atom is 0.324 e. The Balaban J connectivity index is 1.33. The minimum absolute atomic E-state index is 0.0386. The number of amides is 3. The average Bonchev–Trinajstić information content (AvgIpc) is 3.38. The third-order valence-corrected chi connectivity index (χ3v) is 7.26. The van der Waals surface area contributed by atoms with Gasteiger partial charge in [-0.05, 0) is 42.0 Å². The first kappa shape index (κ1) is 26.7. The van der Waals surface area contributed by atoms with Crippen LogP contribution in [0.2, 0.25) is 0 Å². The van der Waals surface area contributed by atoms with Crippen molar-refractivity contribution in [1.29, 1.82) is 0 Å². The maximum absolute atomic E-state index is 14.9. The number of urea groups is 1. The Morgan fingerprint density at radius 2 is 1.77 bits per heavy atom. The van der Waals surface area contributed by atoms with Crippen LogP contribution in [0.5, 0.6) is 11.5 Å². The van der Waals surface area contributed by atoms with Gasteiger partial charge in [-0.1, -0.05) is 26.0 Å². The van der Waals surface area contributed by atoms with Gasteiger partial charge in [0.05, 0.1) is 21.1 Å². The molecule has 0 unspecified atom stereocenters. The molecule has 0 fully saturated rings. The summed E-state index contributed by atoms with van der Waals surface area (Å²) in [5.41, 5.74) is 1.88. The third-order valence-electron chi connectivity index (χ3n) is 5.85. The van der Waals surface area contributed by atoms with Crippen LogP contribution in [-0.2, 0) is 0 Å². The normalized spacial score (nSPS) is 10.9. The lowest BCUT2D eigenvalue weighted by atomic mass is 10.1. The molecule has 0 aliphatic carbocycles. The molecule has 11 heteroatoms. The number of thiazole rings is 1. The fourth-order valence-electron chi connectivity index (χ4n) is 3.87. The van der Waals surface area contributed by atoms with E-state index in [1.807, 2.05) is 44.2 Å². The van der Waals surface area contributed by atoms with Gasteiger partial charge in [-0.3, -0.25) is 20.1 Å². The first-order chi connectivity index (χ1) is 19.3. The van der Waals surface area contributed by atoms with E-state index in [9.17, 15) is 14.0 Å². The van der Waals surface area contributed by atoms with Gasteiger partial charge in [-0.25, -0.2) is 14.2 Å². The molecule has 3 amide bonds. The fourth-order valence-corrected chi connectivity index (χ4v) is 4.89. The molecular weight excluding hydrogens is 531 g/mol. The number of pyridine rings is 2. The standard InChI is InChI=1S/C29H25FN6O3S/c1-16(2)28-35-26(25(40-28)18-6-8-22-17(13-18)5-4-11-32-22)36-29(38)34-23-9-7-19(14-21(23)30)39-20-10-12-33-24(15-20)27(37)31-3/h4-16H,1-3H3,(H,31,37)(H2,34,36,38). The number of carbonyl (C=O) groups excluding carboxylic acids is 2. The molecule has 0 aliphatic rings. The molecule has 0 aliphatic heterocycles. The summed E-state index contributed by atoms with van der Waals surface area (Å²) in [4.78, 5) is 38.5. The van der Waals surface area contributed by atoms with Gasteiger partial charge in [0.2, 0.25) is 0 Å². The van der Waals surface area contributed by atoms with Crippen LogP contribution in [0, 0.1) is 5.82 Å². The van der Waals surface area contributed by atoms with Gasteiger partial charge in [0, 0.05) is 42.9 Å². The number of nitrogens with zero attached hydrogens (tertiary/aromatic N) is 3. The van der Waals surface area contributed by atoms with E-state index in [-0.39, 0.29) is 29.0 Å². The smallest absolute Gasteiger partial charge is 0.324 e. The highest BCUT2D eigenvalue weighted by Gasteiger charge is 2.19. The van der Waals surface area contributed by atoms with Gasteiger partial charge in [0.25, 0.3) is 5.91 Å². The van der Waals surface area contributed by atoms with Gasteiger partial charge in [0.15, 0.2) is 5.82 Å². The highest BCUT2D eigenvalue weighted by atomic mass is 32.1. The molecule has 3 aromatic heterocycles. The van der Waals surface area contributed by atoms with Crippen LogP contribution in [-0.4, -0.2) is 33.9 Å². The van der Waals surface area contributed by atoms with Crippen molar-refractivity contribution in [3.8, 4) is 21.9 Å². The molecule has 0 atom stereocenters. The lowest BCUT2D eigenvalue weighted by Crippen LogP contribution is -2.20. The number of halogens is 1. The molecule has 0 bridgehead atoms. The van der Waals surface area contributed by atoms with Gasteiger partial charge in [-0.15, -0.1) is 11.3 Å². The number of carbonyl (C=O) groups is 2. The quantitative estimate of drug-likeness (QED) is 0.203. The van der Waals surface area contributed by atoms with Crippen LogP contribution < -0.4 is 20.7 Å². The second-order valence-electron chi connectivity index (χ2n) is 9.07. The number of hydrogen-bond acceptors (Lipinski definition) is 7. The molecule has 0 saturated heterocycles. The summed E-state index contributed by atoms with van der Waals surface area (Å²) in [5, 5.41) is 9.63. The number of ether oxygens (including phenoxy) is 1. The van der Waals surface area contributed by atoms with Crippen molar-refractivity contribution in [2.75, 3.05) is 17.7 Å². The van der Waals surface area contributed by atoms with Crippen LogP contribution in [0.1, 0.15) is 35.3 Å². The number of nitrogens with one attached hydrogen (secondary N) is 3.